The van der Waals surface area contributed by atoms with Crippen molar-refractivity contribution in [3.63, 3.8) is 0 Å². The zero-order valence-electron chi connectivity index (χ0n) is 19.4. The van der Waals surface area contributed by atoms with Crippen molar-refractivity contribution in [2.24, 2.45) is 5.10 Å². The molecule has 0 saturated heterocycles. The molecule has 0 saturated carbocycles. The summed E-state index contributed by atoms with van der Waals surface area (Å²) >= 11 is 16.1. The van der Waals surface area contributed by atoms with Crippen LogP contribution in [0.2, 0.25) is 10.0 Å². The normalized spacial score (nSPS) is 12.8. The van der Waals surface area contributed by atoms with Crippen molar-refractivity contribution in [2.75, 3.05) is 6.61 Å². The zero-order chi connectivity index (χ0) is 25.2. The van der Waals surface area contributed by atoms with Crippen molar-refractivity contribution in [2.45, 2.75) is 46.1 Å². The second-order valence-corrected chi connectivity index (χ2v) is 10.3. The lowest BCUT2D eigenvalue weighted by atomic mass is 9.95. The molecule has 2 aromatic carbocycles. The Hall–Kier alpha value is -2.42. The minimum Gasteiger partial charge on any atom is -0.476 e. The number of rotatable bonds is 6. The number of hydrogen-bond donors (Lipinski definition) is 0. The highest BCUT2D eigenvalue weighted by Gasteiger charge is 2.23. The van der Waals surface area contributed by atoms with Gasteiger partial charge in [0, 0.05) is 9.89 Å². The second kappa shape index (κ2) is 10.5. The molecule has 0 aliphatic carbocycles. The Morgan fingerprint density at radius 2 is 1.88 bits per heavy atom. The molecule has 0 bridgehead atoms. The van der Waals surface area contributed by atoms with Gasteiger partial charge in [-0.1, -0.05) is 59.9 Å². The van der Waals surface area contributed by atoms with Crippen LogP contribution in [-0.4, -0.2) is 34.6 Å². The number of carbonyl (C=O) groups is 1. The van der Waals surface area contributed by atoms with Crippen LogP contribution in [0.25, 0.3) is 10.9 Å². The molecule has 3 aromatic rings. The van der Waals surface area contributed by atoms with Crippen LogP contribution in [0.3, 0.4) is 0 Å². The average molecular weight is 569 g/mol. The van der Waals surface area contributed by atoms with Crippen LogP contribution in [0, 0.1) is 0 Å². The fraction of sp³-hybridized carbons (Fsp3) is 0.333. The van der Waals surface area contributed by atoms with E-state index in [1.54, 1.807) is 38.1 Å². The predicted octanol–water partition coefficient (Wildman–Crippen LogP) is 5.98. The van der Waals surface area contributed by atoms with Gasteiger partial charge < -0.3 is 9.47 Å². The summed E-state index contributed by atoms with van der Waals surface area (Å²) in [5.74, 6) is 0.139. The summed E-state index contributed by atoms with van der Waals surface area (Å²) in [6, 6.07) is 8.51. The van der Waals surface area contributed by atoms with Crippen LogP contribution in [0.5, 0.6) is 5.75 Å². The molecule has 0 amide bonds. The number of fused-ring (bicyclic) bond motifs is 1. The van der Waals surface area contributed by atoms with Gasteiger partial charge in [-0.05, 0) is 49.7 Å². The van der Waals surface area contributed by atoms with Crippen molar-refractivity contribution in [1.29, 1.82) is 0 Å². The van der Waals surface area contributed by atoms with Gasteiger partial charge >= 0.3 is 5.97 Å². The lowest BCUT2D eigenvalue weighted by molar-refractivity contribution is -0.150. The number of halogens is 3. The van der Waals surface area contributed by atoms with Crippen LogP contribution < -0.4 is 10.3 Å². The first-order valence-electron chi connectivity index (χ1n) is 10.5. The van der Waals surface area contributed by atoms with E-state index in [0.29, 0.717) is 22.3 Å². The van der Waals surface area contributed by atoms with E-state index in [4.69, 9.17) is 32.7 Å². The van der Waals surface area contributed by atoms with Gasteiger partial charge in [0.15, 0.2) is 11.9 Å². The van der Waals surface area contributed by atoms with E-state index in [9.17, 15) is 9.59 Å². The largest absolute Gasteiger partial charge is 0.476 e. The highest BCUT2D eigenvalue weighted by molar-refractivity contribution is 9.10. The lowest BCUT2D eigenvalue weighted by Gasteiger charge is -2.21. The highest BCUT2D eigenvalue weighted by Crippen LogP contribution is 2.35. The summed E-state index contributed by atoms with van der Waals surface area (Å²) in [7, 11) is 0. The molecular weight excluding hydrogens is 545 g/mol. The number of esters is 1. The van der Waals surface area contributed by atoms with Crippen LogP contribution in [0.4, 0.5) is 0 Å². The molecule has 0 aliphatic rings. The topological polar surface area (TPSA) is 82.8 Å². The van der Waals surface area contributed by atoms with Crippen LogP contribution >= 0.6 is 39.1 Å². The molecule has 0 aliphatic heterocycles. The molecular formula is C24H24BrCl2N3O4. The monoisotopic (exact) mass is 567 g/mol. The Bertz CT molecular complexity index is 1310. The number of nitrogens with zero attached hydrogens (tertiary/aromatic N) is 3. The van der Waals surface area contributed by atoms with E-state index < -0.39 is 17.5 Å². The third-order valence-electron chi connectivity index (χ3n) is 4.74. The van der Waals surface area contributed by atoms with Gasteiger partial charge in [-0.3, -0.25) is 4.79 Å². The molecule has 0 spiro atoms. The first kappa shape index (κ1) is 26.2. The first-order chi connectivity index (χ1) is 15.9. The molecule has 0 unspecified atom stereocenters. The van der Waals surface area contributed by atoms with E-state index >= 15 is 0 Å². The minimum absolute atomic E-state index is 0.158. The van der Waals surface area contributed by atoms with Crippen LogP contribution in [0.1, 0.15) is 46.0 Å². The number of hydrogen-bond acceptors (Lipinski definition) is 6. The van der Waals surface area contributed by atoms with Gasteiger partial charge in [0.1, 0.15) is 5.82 Å². The zero-order valence-corrected chi connectivity index (χ0v) is 22.5. The summed E-state index contributed by atoms with van der Waals surface area (Å²) < 4.78 is 12.6. The van der Waals surface area contributed by atoms with E-state index in [1.807, 2.05) is 26.8 Å². The molecule has 7 nitrogen and oxygen atoms in total. The first-order valence-corrected chi connectivity index (χ1v) is 12.1. The Morgan fingerprint density at radius 3 is 2.47 bits per heavy atom. The van der Waals surface area contributed by atoms with E-state index in [0.717, 1.165) is 4.47 Å². The van der Waals surface area contributed by atoms with E-state index in [1.165, 1.54) is 10.9 Å². The number of aromatic nitrogens is 2. The van der Waals surface area contributed by atoms with Crippen molar-refractivity contribution in [3.8, 4) is 5.75 Å². The number of ether oxygens (including phenoxy) is 2. The Balaban J connectivity index is 2.02. The van der Waals surface area contributed by atoms with Crippen molar-refractivity contribution >= 4 is 62.2 Å². The summed E-state index contributed by atoms with van der Waals surface area (Å²) in [6.07, 6.45) is 0.587. The average Bonchev–Trinajstić information content (AvgIpc) is 2.75. The molecule has 180 valence electrons. The van der Waals surface area contributed by atoms with E-state index in [-0.39, 0.29) is 28.0 Å². The third-order valence-corrected chi connectivity index (χ3v) is 5.79. The van der Waals surface area contributed by atoms with Crippen LogP contribution in [-0.2, 0) is 14.9 Å². The third kappa shape index (κ3) is 5.79. The summed E-state index contributed by atoms with van der Waals surface area (Å²) in [6.45, 7) is 9.35. The Kier molecular flexibility index (Phi) is 8.06. The molecule has 1 atom stereocenters. The van der Waals surface area contributed by atoms with Crippen molar-refractivity contribution in [3.05, 3.63) is 66.6 Å². The highest BCUT2D eigenvalue weighted by atomic mass is 79.9. The summed E-state index contributed by atoms with van der Waals surface area (Å²) in [5, 5.41) is 5.23. The molecule has 1 heterocycles. The molecule has 0 N–H and O–H groups in total. The molecule has 3 rings (SSSR count). The van der Waals surface area contributed by atoms with Gasteiger partial charge in [0.25, 0.3) is 5.56 Å². The second-order valence-electron chi connectivity index (χ2n) is 8.53. The number of benzene rings is 2. The fourth-order valence-electron chi connectivity index (χ4n) is 3.12. The smallest absolute Gasteiger partial charge is 0.347 e. The molecule has 0 fully saturated rings. The lowest BCUT2D eigenvalue weighted by Crippen LogP contribution is -2.29. The van der Waals surface area contributed by atoms with Crippen molar-refractivity contribution < 1.29 is 14.3 Å². The number of carbonyl (C=O) groups excluding carboxylic acids is 1. The molecule has 1 aromatic heterocycles. The van der Waals surface area contributed by atoms with Gasteiger partial charge in [0.05, 0.1) is 33.8 Å². The maximum atomic E-state index is 13.3. The predicted molar refractivity (Wildman–Crippen MR) is 139 cm³/mol. The molecule has 34 heavy (non-hydrogen) atoms. The van der Waals surface area contributed by atoms with Gasteiger partial charge in [-0.2, -0.15) is 9.78 Å². The van der Waals surface area contributed by atoms with Gasteiger partial charge in [0.2, 0.25) is 0 Å². The SMILES string of the molecule is CCOC(=O)[C@@H](C)Oc1c(Cl)cc(C=Nn2c(C(C)(C)C)nc3ccc(Br)cc3c2=O)cc1Cl. The molecule has 0 radical (unpaired) electrons. The van der Waals surface area contributed by atoms with Crippen LogP contribution in [0.15, 0.2) is 44.7 Å². The maximum absolute atomic E-state index is 13.3. The Labute approximate surface area is 215 Å². The molecule has 10 heteroatoms. The van der Waals surface area contributed by atoms with Gasteiger partial charge in [-0.25, -0.2) is 9.78 Å². The standard InChI is InChI=1S/C24H24BrCl2N3O4/c1-6-33-22(32)13(2)34-20-17(26)9-14(10-18(20)27)12-28-30-21(31)16-11-15(25)7-8-19(16)29-23(30)24(3,4)5/h7-13H,6H2,1-5H3/t13-/m1/s1. The quantitative estimate of drug-likeness (QED) is 0.270. The Morgan fingerprint density at radius 1 is 1.24 bits per heavy atom. The van der Waals surface area contributed by atoms with E-state index in [2.05, 4.69) is 26.0 Å². The van der Waals surface area contributed by atoms with Crippen molar-refractivity contribution in [1.82, 2.24) is 9.66 Å². The minimum atomic E-state index is -0.884. The fourth-order valence-corrected chi connectivity index (χ4v) is 4.07. The maximum Gasteiger partial charge on any atom is 0.347 e. The van der Waals surface area contributed by atoms with Gasteiger partial charge in [-0.15, -0.1) is 0 Å². The summed E-state index contributed by atoms with van der Waals surface area (Å²) in [5.41, 5.74) is 0.376. The summed E-state index contributed by atoms with van der Waals surface area (Å²) in [4.78, 5) is 29.8.